The van der Waals surface area contributed by atoms with Gasteiger partial charge in [-0.2, -0.15) is 0 Å². The molecular formula is C25H42ClN3O. The summed E-state index contributed by atoms with van der Waals surface area (Å²) in [6, 6.07) is 10.8. The fourth-order valence-corrected chi connectivity index (χ4v) is 4.61. The number of nitrogens with zero attached hydrogens (tertiary/aromatic N) is 2. The third-order valence-corrected chi connectivity index (χ3v) is 6.26. The molecule has 2 rings (SSSR count). The van der Waals surface area contributed by atoms with Crippen LogP contribution in [0.15, 0.2) is 43.0 Å². The number of benzene rings is 1. The number of nitrogens with one attached hydrogen (secondary N) is 1. The van der Waals surface area contributed by atoms with Gasteiger partial charge in [0.05, 0.1) is 32.7 Å². The predicted molar refractivity (Wildman–Crippen MR) is 124 cm³/mol. The average Bonchev–Trinajstić information content (AvgIpc) is 2.76. The molecule has 0 spiro atoms. The molecule has 1 heterocycles. The van der Waals surface area contributed by atoms with Gasteiger partial charge in [0, 0.05) is 18.8 Å². The number of carbonyl (C=O) groups excluding carboxylic acids is 1. The Kier molecular flexibility index (Phi) is 13.5. The van der Waals surface area contributed by atoms with Crippen LogP contribution in [0.3, 0.4) is 0 Å². The third-order valence-electron chi connectivity index (χ3n) is 6.26. The quantitative estimate of drug-likeness (QED) is 0.274. The van der Waals surface area contributed by atoms with Gasteiger partial charge in [0.1, 0.15) is 0 Å². The molecule has 0 aliphatic carbocycles. The number of carbonyl (C=O) groups is 1. The molecule has 1 amide bonds. The van der Waals surface area contributed by atoms with E-state index >= 15 is 0 Å². The van der Waals surface area contributed by atoms with Crippen LogP contribution in [0.4, 0.5) is 5.69 Å². The van der Waals surface area contributed by atoms with Gasteiger partial charge in [0.2, 0.25) is 5.91 Å². The molecule has 1 N–H and O–H groups in total. The highest BCUT2D eigenvalue weighted by atomic mass is 35.5. The molecular weight excluding hydrogens is 394 g/mol. The van der Waals surface area contributed by atoms with Crippen molar-refractivity contribution >= 4 is 11.6 Å². The number of para-hydroxylation sites is 1. The first-order valence-electron chi connectivity index (χ1n) is 11.7. The Hall–Kier alpha value is -1.52. The first kappa shape index (κ1) is 26.5. The Morgan fingerprint density at radius 3 is 2.40 bits per heavy atom. The van der Waals surface area contributed by atoms with Gasteiger partial charge in [-0.25, -0.2) is 0 Å². The predicted octanol–water partition coefficient (Wildman–Crippen LogP) is 1.77. The van der Waals surface area contributed by atoms with E-state index in [0.717, 1.165) is 26.2 Å². The highest BCUT2D eigenvalue weighted by Crippen LogP contribution is 2.20. The first-order valence-corrected chi connectivity index (χ1v) is 11.7. The zero-order valence-electron chi connectivity index (χ0n) is 19.0. The van der Waals surface area contributed by atoms with Crippen molar-refractivity contribution in [3.05, 3.63) is 43.0 Å². The molecule has 0 bridgehead atoms. The van der Waals surface area contributed by atoms with Crippen molar-refractivity contribution in [1.29, 1.82) is 0 Å². The number of hydrogen-bond acceptors (Lipinski definition) is 2. The maximum Gasteiger partial charge on any atom is 0.243 e. The summed E-state index contributed by atoms with van der Waals surface area (Å²) in [7, 11) is 0. The maximum absolute atomic E-state index is 11.5. The summed E-state index contributed by atoms with van der Waals surface area (Å²) in [4.78, 5) is 14.0. The minimum Gasteiger partial charge on any atom is -1.00 e. The van der Waals surface area contributed by atoms with E-state index in [4.69, 9.17) is 0 Å². The summed E-state index contributed by atoms with van der Waals surface area (Å²) in [5, 5.41) is 2.98. The zero-order chi connectivity index (χ0) is 20.8. The van der Waals surface area contributed by atoms with Crippen LogP contribution in [-0.2, 0) is 4.79 Å². The lowest BCUT2D eigenvalue weighted by Gasteiger charge is -2.42. The molecule has 1 fully saturated rings. The van der Waals surface area contributed by atoms with Gasteiger partial charge in [-0.05, 0) is 63.2 Å². The number of hydrogen-bond donors (Lipinski definition) is 1. The van der Waals surface area contributed by atoms with Crippen molar-refractivity contribution in [2.75, 3.05) is 50.7 Å². The van der Waals surface area contributed by atoms with Crippen LogP contribution in [0, 0.1) is 0 Å². The number of quaternary nitrogens is 1. The van der Waals surface area contributed by atoms with Crippen molar-refractivity contribution in [3.63, 3.8) is 0 Å². The first-order chi connectivity index (χ1) is 14.2. The van der Waals surface area contributed by atoms with Crippen LogP contribution < -0.4 is 22.6 Å². The van der Waals surface area contributed by atoms with Crippen LogP contribution in [0.5, 0.6) is 0 Å². The third kappa shape index (κ3) is 9.53. The summed E-state index contributed by atoms with van der Waals surface area (Å²) in [6.07, 6.45) is 11.8. The summed E-state index contributed by atoms with van der Waals surface area (Å²) in [6.45, 7) is 13.8. The minimum absolute atomic E-state index is 0. The Labute approximate surface area is 190 Å². The number of unbranched alkanes of at least 4 members (excludes halogenated alkanes) is 3. The molecule has 170 valence electrons. The lowest BCUT2D eigenvalue weighted by atomic mass is 10.1. The number of piperidine rings is 1. The maximum atomic E-state index is 11.5. The fourth-order valence-electron chi connectivity index (χ4n) is 4.61. The molecule has 1 aromatic carbocycles. The Morgan fingerprint density at radius 1 is 1.03 bits per heavy atom. The lowest BCUT2D eigenvalue weighted by Crippen LogP contribution is -3.00. The molecule has 1 aliphatic rings. The van der Waals surface area contributed by atoms with Crippen molar-refractivity contribution in [2.45, 2.75) is 58.3 Å². The topological polar surface area (TPSA) is 32.3 Å². The highest BCUT2D eigenvalue weighted by Gasteiger charge is 2.28. The second-order valence-corrected chi connectivity index (χ2v) is 8.53. The molecule has 0 saturated carbocycles. The second-order valence-electron chi connectivity index (χ2n) is 8.53. The van der Waals surface area contributed by atoms with E-state index < -0.39 is 0 Å². The molecule has 5 heteroatoms. The van der Waals surface area contributed by atoms with E-state index in [-0.39, 0.29) is 18.3 Å². The van der Waals surface area contributed by atoms with Crippen LogP contribution in [0.1, 0.15) is 58.3 Å². The second kappa shape index (κ2) is 15.3. The van der Waals surface area contributed by atoms with Gasteiger partial charge in [-0.3, -0.25) is 4.79 Å². The van der Waals surface area contributed by atoms with E-state index in [1.165, 1.54) is 87.2 Å². The molecule has 1 aliphatic heterocycles. The summed E-state index contributed by atoms with van der Waals surface area (Å²) in [5.74, 6) is -0.0461. The van der Waals surface area contributed by atoms with Crippen molar-refractivity contribution in [3.8, 4) is 0 Å². The van der Waals surface area contributed by atoms with Gasteiger partial charge in [0.15, 0.2) is 0 Å². The molecule has 4 nitrogen and oxygen atoms in total. The van der Waals surface area contributed by atoms with Crippen LogP contribution in [0.25, 0.3) is 0 Å². The van der Waals surface area contributed by atoms with Gasteiger partial charge in [-0.15, -0.1) is 0 Å². The molecule has 1 saturated heterocycles. The van der Waals surface area contributed by atoms with Crippen LogP contribution >= 0.6 is 0 Å². The van der Waals surface area contributed by atoms with Crippen LogP contribution in [0.2, 0.25) is 0 Å². The average molecular weight is 436 g/mol. The van der Waals surface area contributed by atoms with Gasteiger partial charge >= 0.3 is 0 Å². The summed E-state index contributed by atoms with van der Waals surface area (Å²) < 4.78 is 1.20. The number of likely N-dealkylation sites (tertiary alicyclic amines) is 1. The van der Waals surface area contributed by atoms with E-state index in [0.29, 0.717) is 0 Å². The largest absolute Gasteiger partial charge is 1.00 e. The van der Waals surface area contributed by atoms with Crippen molar-refractivity contribution in [1.82, 2.24) is 5.32 Å². The SMILES string of the molecule is C=CC(=O)NCC[N+]1(CCCCCCN(CCC)c2ccccc2)CCCCC1.[Cl-]. The highest BCUT2D eigenvalue weighted by molar-refractivity contribution is 5.86. The van der Waals surface area contributed by atoms with Gasteiger partial charge in [0.25, 0.3) is 0 Å². The number of rotatable bonds is 14. The van der Waals surface area contributed by atoms with Gasteiger partial charge < -0.3 is 27.1 Å². The summed E-state index contributed by atoms with van der Waals surface area (Å²) in [5.41, 5.74) is 1.36. The van der Waals surface area contributed by atoms with E-state index in [2.05, 4.69) is 54.1 Å². The van der Waals surface area contributed by atoms with E-state index in [9.17, 15) is 4.79 Å². The number of anilines is 1. The molecule has 0 atom stereocenters. The Morgan fingerprint density at radius 2 is 1.73 bits per heavy atom. The molecule has 0 radical (unpaired) electrons. The van der Waals surface area contributed by atoms with Crippen molar-refractivity contribution < 1.29 is 21.7 Å². The van der Waals surface area contributed by atoms with E-state index in [1.54, 1.807) is 0 Å². The van der Waals surface area contributed by atoms with Crippen LogP contribution in [-0.4, -0.2) is 56.2 Å². The van der Waals surface area contributed by atoms with Crippen molar-refractivity contribution in [2.24, 2.45) is 0 Å². The standard InChI is InChI=1S/C25H41N3O.ClH/c1-3-18-27(24-15-9-7-10-16-24)19-11-5-6-12-20-28(21-13-8-14-22-28)23-17-26-25(29)4-2;/h4,7,9-10,15-16H,2-3,5-6,8,11-14,17-23H2,1H3;1H. The molecule has 1 aromatic rings. The molecule has 0 aromatic heterocycles. The minimum atomic E-state index is -0.0461. The molecule has 30 heavy (non-hydrogen) atoms. The fraction of sp³-hybridized carbons (Fsp3) is 0.640. The lowest BCUT2D eigenvalue weighted by molar-refractivity contribution is -0.931. The summed E-state index contributed by atoms with van der Waals surface area (Å²) >= 11 is 0. The Bertz CT molecular complexity index is 587. The monoisotopic (exact) mass is 435 g/mol. The zero-order valence-corrected chi connectivity index (χ0v) is 19.7. The number of halogens is 1. The number of amides is 1. The molecule has 0 unspecified atom stereocenters. The van der Waals surface area contributed by atoms with Gasteiger partial charge in [-0.1, -0.05) is 38.1 Å². The Balaban J connectivity index is 0.00000450. The van der Waals surface area contributed by atoms with E-state index in [1.807, 2.05) is 0 Å². The smallest absolute Gasteiger partial charge is 0.243 e. The normalized spacial score (nSPS) is 15.1.